The molecule has 0 aliphatic rings. The van der Waals surface area contributed by atoms with Crippen LogP contribution in [0.1, 0.15) is 11.7 Å². The molecule has 0 radical (unpaired) electrons. The Balaban J connectivity index is 1.49. The summed E-state index contributed by atoms with van der Waals surface area (Å²) >= 11 is 0. The van der Waals surface area contributed by atoms with Crippen LogP contribution in [0.5, 0.6) is 11.5 Å². The molecule has 3 rings (SSSR count). The Bertz CT molecular complexity index is 943. The summed E-state index contributed by atoms with van der Waals surface area (Å²) in [6, 6.07) is 16.0. The number of ether oxygens (including phenoxy) is 1. The molecule has 2 aromatic carbocycles. The number of nitrogens with zero attached hydrogens (tertiary/aromatic N) is 3. The van der Waals surface area contributed by atoms with E-state index in [1.807, 2.05) is 30.3 Å². The minimum Gasteiger partial charge on any atom is -0.457 e. The predicted molar refractivity (Wildman–Crippen MR) is 97.2 cm³/mol. The lowest BCUT2D eigenvalue weighted by Crippen LogP contribution is -2.30. The molecule has 7 nitrogen and oxygen atoms in total. The van der Waals surface area contributed by atoms with Crippen molar-refractivity contribution >= 4 is 11.6 Å². The molecule has 1 amide bonds. The largest absolute Gasteiger partial charge is 0.457 e. The maximum absolute atomic E-state index is 12.5. The van der Waals surface area contributed by atoms with Crippen LogP contribution in [0.25, 0.3) is 0 Å². The van der Waals surface area contributed by atoms with Crippen molar-refractivity contribution in [3.8, 4) is 11.5 Å². The number of para-hydroxylation sites is 1. The van der Waals surface area contributed by atoms with E-state index in [1.165, 1.54) is 4.90 Å². The maximum Gasteiger partial charge on any atom is 0.455 e. The molecule has 0 atom stereocenters. The van der Waals surface area contributed by atoms with Gasteiger partial charge in [0.1, 0.15) is 11.5 Å². The Hall–Kier alpha value is -3.40. The first-order valence-corrected chi connectivity index (χ1v) is 8.51. The van der Waals surface area contributed by atoms with Crippen molar-refractivity contribution < 1.29 is 27.2 Å². The van der Waals surface area contributed by atoms with Gasteiger partial charge >= 0.3 is 6.18 Å². The molecule has 1 heterocycles. The monoisotopic (exact) mass is 406 g/mol. The molecule has 29 heavy (non-hydrogen) atoms. The van der Waals surface area contributed by atoms with E-state index >= 15 is 0 Å². The summed E-state index contributed by atoms with van der Waals surface area (Å²) in [7, 11) is 1.55. The fourth-order valence-electron chi connectivity index (χ4n) is 2.40. The van der Waals surface area contributed by atoms with Gasteiger partial charge in [0, 0.05) is 5.69 Å². The molecule has 0 saturated carbocycles. The topological polar surface area (TPSA) is 80.5 Å². The molecule has 0 unspecified atom stereocenters. The minimum atomic E-state index is -4.67. The van der Waals surface area contributed by atoms with Crippen molar-refractivity contribution in [2.24, 2.45) is 0 Å². The van der Waals surface area contributed by atoms with Gasteiger partial charge in [0.15, 0.2) is 0 Å². The van der Waals surface area contributed by atoms with Crippen molar-refractivity contribution in [1.29, 1.82) is 0 Å². The van der Waals surface area contributed by atoms with Crippen LogP contribution in [-0.2, 0) is 17.5 Å². The zero-order valence-corrected chi connectivity index (χ0v) is 15.3. The zero-order valence-electron chi connectivity index (χ0n) is 15.3. The van der Waals surface area contributed by atoms with Crippen LogP contribution in [-0.4, -0.2) is 34.5 Å². The number of alkyl halides is 3. The quantitative estimate of drug-likeness (QED) is 0.640. The normalized spacial score (nSPS) is 11.5. The lowest BCUT2D eigenvalue weighted by Gasteiger charge is -2.14. The van der Waals surface area contributed by atoms with E-state index in [9.17, 15) is 18.0 Å². The van der Waals surface area contributed by atoms with Gasteiger partial charge < -0.3 is 14.6 Å². The molecule has 0 saturated heterocycles. The summed E-state index contributed by atoms with van der Waals surface area (Å²) in [5.74, 6) is -0.609. The summed E-state index contributed by atoms with van der Waals surface area (Å²) in [5.41, 5.74) is 0.556. The fraction of sp³-hybridized carbons (Fsp3) is 0.211. The Morgan fingerprint density at radius 1 is 1.10 bits per heavy atom. The lowest BCUT2D eigenvalue weighted by atomic mass is 10.3. The highest BCUT2D eigenvalue weighted by molar-refractivity contribution is 5.92. The van der Waals surface area contributed by atoms with E-state index in [0.717, 1.165) is 0 Å². The van der Waals surface area contributed by atoms with Gasteiger partial charge in [-0.05, 0) is 43.4 Å². The van der Waals surface area contributed by atoms with E-state index in [2.05, 4.69) is 20.0 Å². The number of amides is 1. The number of nitrogens with one attached hydrogen (secondary N) is 1. The average Bonchev–Trinajstić information content (AvgIpc) is 3.13. The first kappa shape index (κ1) is 20.3. The van der Waals surface area contributed by atoms with E-state index in [-0.39, 0.29) is 24.9 Å². The Morgan fingerprint density at radius 2 is 1.76 bits per heavy atom. The Labute approximate surface area is 164 Å². The molecule has 152 valence electrons. The number of benzene rings is 2. The molecule has 0 fully saturated rings. The smallest absolute Gasteiger partial charge is 0.455 e. The number of rotatable bonds is 7. The second-order valence-electron chi connectivity index (χ2n) is 6.17. The number of hydrogen-bond acceptors (Lipinski definition) is 6. The van der Waals surface area contributed by atoms with Gasteiger partial charge in [0.25, 0.3) is 5.82 Å². The first-order chi connectivity index (χ1) is 13.8. The molecular weight excluding hydrogens is 389 g/mol. The van der Waals surface area contributed by atoms with Gasteiger partial charge in [0.2, 0.25) is 11.8 Å². The summed E-state index contributed by atoms with van der Waals surface area (Å²) in [6.07, 6.45) is -4.67. The lowest BCUT2D eigenvalue weighted by molar-refractivity contribution is -0.146. The second-order valence-corrected chi connectivity index (χ2v) is 6.17. The maximum atomic E-state index is 12.5. The number of carbonyl (C=O) groups excluding carboxylic acids is 1. The summed E-state index contributed by atoms with van der Waals surface area (Å²) in [6.45, 7) is -0.174. The highest BCUT2D eigenvalue weighted by Crippen LogP contribution is 2.26. The fourth-order valence-corrected chi connectivity index (χ4v) is 2.40. The van der Waals surface area contributed by atoms with Gasteiger partial charge in [-0.2, -0.15) is 18.2 Å². The highest BCUT2D eigenvalue weighted by Gasteiger charge is 2.37. The van der Waals surface area contributed by atoms with Crippen molar-refractivity contribution in [2.45, 2.75) is 12.7 Å². The third-order valence-corrected chi connectivity index (χ3v) is 3.66. The van der Waals surface area contributed by atoms with Crippen molar-refractivity contribution in [1.82, 2.24) is 15.0 Å². The van der Waals surface area contributed by atoms with Gasteiger partial charge in [0.05, 0.1) is 13.1 Å². The molecule has 0 bridgehead atoms. The third kappa shape index (κ3) is 6.04. The van der Waals surface area contributed by atoms with E-state index in [0.29, 0.717) is 17.2 Å². The number of anilines is 1. The van der Waals surface area contributed by atoms with E-state index < -0.39 is 12.0 Å². The number of halogens is 3. The Morgan fingerprint density at radius 3 is 2.38 bits per heavy atom. The van der Waals surface area contributed by atoms with Crippen LogP contribution in [0.3, 0.4) is 0 Å². The highest BCUT2D eigenvalue weighted by atomic mass is 19.4. The van der Waals surface area contributed by atoms with Crippen LogP contribution in [0.2, 0.25) is 0 Å². The van der Waals surface area contributed by atoms with Gasteiger partial charge in [-0.25, -0.2) is 0 Å². The number of carbonyl (C=O) groups is 1. The summed E-state index contributed by atoms with van der Waals surface area (Å²) in [4.78, 5) is 16.8. The number of hydrogen-bond donors (Lipinski definition) is 1. The summed E-state index contributed by atoms with van der Waals surface area (Å²) < 4.78 is 47.6. The Kier molecular flexibility index (Phi) is 6.13. The molecule has 0 aliphatic carbocycles. The summed E-state index contributed by atoms with van der Waals surface area (Å²) in [5, 5.41) is 5.57. The molecule has 10 heteroatoms. The zero-order chi connectivity index (χ0) is 20.9. The van der Waals surface area contributed by atoms with E-state index in [4.69, 9.17) is 4.74 Å². The molecule has 1 aromatic heterocycles. The minimum absolute atomic E-state index is 0.0774. The van der Waals surface area contributed by atoms with Crippen molar-refractivity contribution in [2.75, 3.05) is 18.9 Å². The van der Waals surface area contributed by atoms with E-state index in [1.54, 1.807) is 31.3 Å². The van der Waals surface area contributed by atoms with Gasteiger partial charge in [-0.1, -0.05) is 23.4 Å². The first-order valence-electron chi connectivity index (χ1n) is 8.51. The van der Waals surface area contributed by atoms with Gasteiger partial charge in [-0.3, -0.25) is 9.69 Å². The standard InChI is InChI=1S/C19H17F3N4O3/c1-26(12-17-24-18(25-29-17)19(20,21)22)11-16(27)23-13-7-9-15(10-8-13)28-14-5-3-2-4-6-14/h2-10H,11-12H2,1H3,(H,23,27). The number of likely N-dealkylation sites (N-methyl/N-ethyl adjacent to an activating group) is 1. The number of aromatic nitrogens is 2. The second kappa shape index (κ2) is 8.74. The average molecular weight is 406 g/mol. The van der Waals surface area contributed by atoms with Crippen molar-refractivity contribution in [3.63, 3.8) is 0 Å². The molecule has 3 aromatic rings. The molecule has 1 N–H and O–H groups in total. The molecular formula is C19H17F3N4O3. The molecule has 0 spiro atoms. The van der Waals surface area contributed by atoms with Crippen LogP contribution in [0, 0.1) is 0 Å². The van der Waals surface area contributed by atoms with Crippen LogP contribution >= 0.6 is 0 Å². The molecule has 0 aliphatic heterocycles. The van der Waals surface area contributed by atoms with Crippen LogP contribution < -0.4 is 10.1 Å². The van der Waals surface area contributed by atoms with Crippen LogP contribution in [0.15, 0.2) is 59.1 Å². The van der Waals surface area contributed by atoms with Gasteiger partial charge in [-0.15, -0.1) is 0 Å². The predicted octanol–water partition coefficient (Wildman–Crippen LogP) is 3.95. The van der Waals surface area contributed by atoms with Crippen LogP contribution in [0.4, 0.5) is 18.9 Å². The third-order valence-electron chi connectivity index (χ3n) is 3.66. The SMILES string of the molecule is CN(CC(=O)Nc1ccc(Oc2ccccc2)cc1)Cc1nc(C(F)(F)F)no1. The van der Waals surface area contributed by atoms with Crippen molar-refractivity contribution in [3.05, 3.63) is 66.3 Å².